The molecule has 0 aromatic rings. The number of carbonyl (C=O) groups is 3. The molecule has 0 aliphatic rings. The maximum atomic E-state index is 12.6. The van der Waals surface area contributed by atoms with Gasteiger partial charge in [-0.3, -0.25) is 14.4 Å². The molecule has 0 spiro atoms. The number of hydrogen-bond acceptors (Lipinski definition) is 6. The molecule has 0 saturated heterocycles. The molecule has 2 atom stereocenters. The van der Waals surface area contributed by atoms with Gasteiger partial charge in [0.2, 0.25) is 0 Å². The molecule has 0 aromatic heterocycles. The third kappa shape index (κ3) is 38.1. The van der Waals surface area contributed by atoms with Crippen molar-refractivity contribution in [3.05, 3.63) is 0 Å². The highest BCUT2D eigenvalue weighted by molar-refractivity contribution is 5.71. The van der Waals surface area contributed by atoms with Crippen LogP contribution in [0.1, 0.15) is 252 Å². The van der Waals surface area contributed by atoms with Crippen LogP contribution in [0.2, 0.25) is 0 Å². The second-order valence-electron chi connectivity index (χ2n) is 15.9. The summed E-state index contributed by atoms with van der Waals surface area (Å²) in [6.45, 7) is 8.96. The number of rotatable bonds is 41. The summed E-state index contributed by atoms with van der Waals surface area (Å²) in [5.74, 6) is -0.0135. The summed E-state index contributed by atoms with van der Waals surface area (Å²) < 4.78 is 16.7. The summed E-state index contributed by atoms with van der Waals surface area (Å²) >= 11 is 0. The van der Waals surface area contributed by atoms with E-state index in [1.54, 1.807) is 0 Å². The average molecular weight is 737 g/mol. The molecule has 0 bridgehead atoms. The van der Waals surface area contributed by atoms with Crippen molar-refractivity contribution in [1.82, 2.24) is 0 Å². The van der Waals surface area contributed by atoms with Crippen LogP contribution in [0.3, 0.4) is 0 Å². The van der Waals surface area contributed by atoms with Crippen LogP contribution in [-0.4, -0.2) is 37.2 Å². The number of hydrogen-bond donors (Lipinski definition) is 0. The fraction of sp³-hybridized carbons (Fsp3) is 0.935. The zero-order valence-corrected chi connectivity index (χ0v) is 35.3. The lowest BCUT2D eigenvalue weighted by atomic mass is 9.99. The highest BCUT2D eigenvalue weighted by atomic mass is 16.6. The van der Waals surface area contributed by atoms with Gasteiger partial charge >= 0.3 is 17.9 Å². The first kappa shape index (κ1) is 50.4. The highest BCUT2D eigenvalue weighted by Crippen LogP contribution is 2.17. The second kappa shape index (κ2) is 40.6. The smallest absolute Gasteiger partial charge is 0.306 e. The standard InChI is InChI=1S/C46H88O6/c1-5-8-10-12-14-15-16-17-18-19-20-21-26-29-33-37-44(47)50-40-43(52-46(49)39-35-31-24-13-11-9-6-2)41-51-45(48)38-34-30-27-23-22-25-28-32-36-42(4)7-3/h42-43H,5-41H2,1-4H3/t42?,43-/m1/s1. The lowest BCUT2D eigenvalue weighted by Crippen LogP contribution is -2.30. The van der Waals surface area contributed by atoms with Crippen LogP contribution in [0.15, 0.2) is 0 Å². The van der Waals surface area contributed by atoms with Crippen molar-refractivity contribution in [3.8, 4) is 0 Å². The molecule has 0 heterocycles. The molecule has 0 saturated carbocycles. The van der Waals surface area contributed by atoms with Crippen LogP contribution in [0.4, 0.5) is 0 Å². The Bertz CT molecular complexity index is 783. The molecule has 0 rings (SSSR count). The molecular weight excluding hydrogens is 649 g/mol. The molecule has 308 valence electrons. The Balaban J connectivity index is 4.23. The first-order chi connectivity index (χ1) is 25.4. The van der Waals surface area contributed by atoms with Gasteiger partial charge in [0.1, 0.15) is 13.2 Å². The molecule has 0 aliphatic heterocycles. The van der Waals surface area contributed by atoms with E-state index in [0.29, 0.717) is 19.3 Å². The molecule has 0 N–H and O–H groups in total. The van der Waals surface area contributed by atoms with Crippen LogP contribution >= 0.6 is 0 Å². The van der Waals surface area contributed by atoms with E-state index in [4.69, 9.17) is 14.2 Å². The first-order valence-corrected chi connectivity index (χ1v) is 22.9. The normalized spacial score (nSPS) is 12.5. The Morgan fingerprint density at radius 1 is 0.385 bits per heavy atom. The number of unbranched alkanes of at least 4 members (excludes halogenated alkanes) is 27. The predicted octanol–water partition coefficient (Wildman–Crippen LogP) is 14.3. The van der Waals surface area contributed by atoms with E-state index in [9.17, 15) is 14.4 Å². The van der Waals surface area contributed by atoms with E-state index in [0.717, 1.165) is 63.7 Å². The molecule has 6 heteroatoms. The van der Waals surface area contributed by atoms with E-state index in [2.05, 4.69) is 27.7 Å². The minimum Gasteiger partial charge on any atom is -0.462 e. The molecule has 0 aromatic carbocycles. The van der Waals surface area contributed by atoms with Crippen molar-refractivity contribution in [3.63, 3.8) is 0 Å². The van der Waals surface area contributed by atoms with E-state index >= 15 is 0 Å². The van der Waals surface area contributed by atoms with Crippen LogP contribution < -0.4 is 0 Å². The molecule has 0 radical (unpaired) electrons. The predicted molar refractivity (Wildman–Crippen MR) is 220 cm³/mol. The summed E-state index contributed by atoms with van der Waals surface area (Å²) in [6.07, 6.45) is 39.5. The fourth-order valence-corrected chi connectivity index (χ4v) is 6.77. The van der Waals surface area contributed by atoms with Crippen LogP contribution in [-0.2, 0) is 28.6 Å². The topological polar surface area (TPSA) is 78.9 Å². The molecule has 52 heavy (non-hydrogen) atoms. The van der Waals surface area contributed by atoms with Gasteiger partial charge < -0.3 is 14.2 Å². The summed E-state index contributed by atoms with van der Waals surface area (Å²) in [5, 5.41) is 0. The number of esters is 3. The molecule has 0 aliphatic carbocycles. The zero-order chi connectivity index (χ0) is 38.2. The van der Waals surface area contributed by atoms with Gasteiger partial charge in [0, 0.05) is 19.3 Å². The van der Waals surface area contributed by atoms with Gasteiger partial charge in [-0.25, -0.2) is 0 Å². The lowest BCUT2D eigenvalue weighted by Gasteiger charge is -2.18. The quantitative estimate of drug-likeness (QED) is 0.0353. The van der Waals surface area contributed by atoms with Crippen molar-refractivity contribution in [2.45, 2.75) is 259 Å². The molecule has 1 unspecified atom stereocenters. The summed E-state index contributed by atoms with van der Waals surface area (Å²) in [7, 11) is 0. The van der Waals surface area contributed by atoms with Crippen LogP contribution in [0.25, 0.3) is 0 Å². The zero-order valence-electron chi connectivity index (χ0n) is 35.3. The Kier molecular flexibility index (Phi) is 39.4. The third-order valence-electron chi connectivity index (χ3n) is 10.7. The van der Waals surface area contributed by atoms with Crippen molar-refractivity contribution in [2.75, 3.05) is 13.2 Å². The SMILES string of the molecule is CCCCCCCCCCCCCCCCCC(=O)OC[C@H](COC(=O)CCCCCCCCCCC(C)CC)OC(=O)CCCCCCCCC. The number of ether oxygens (including phenoxy) is 3. The van der Waals surface area contributed by atoms with Crippen molar-refractivity contribution >= 4 is 17.9 Å². The van der Waals surface area contributed by atoms with Crippen LogP contribution in [0.5, 0.6) is 0 Å². The van der Waals surface area contributed by atoms with Gasteiger partial charge in [0.05, 0.1) is 0 Å². The summed E-state index contributed by atoms with van der Waals surface area (Å²) in [5.41, 5.74) is 0. The maximum Gasteiger partial charge on any atom is 0.306 e. The van der Waals surface area contributed by atoms with Gasteiger partial charge in [-0.1, -0.05) is 214 Å². The van der Waals surface area contributed by atoms with Crippen molar-refractivity contribution < 1.29 is 28.6 Å². The monoisotopic (exact) mass is 737 g/mol. The molecule has 0 amide bonds. The number of carbonyl (C=O) groups excluding carboxylic acids is 3. The third-order valence-corrected chi connectivity index (χ3v) is 10.7. The van der Waals surface area contributed by atoms with Gasteiger partial charge in [0.15, 0.2) is 6.10 Å². The highest BCUT2D eigenvalue weighted by Gasteiger charge is 2.19. The fourth-order valence-electron chi connectivity index (χ4n) is 6.77. The summed E-state index contributed by atoms with van der Waals surface area (Å²) in [4.78, 5) is 37.6. The Morgan fingerprint density at radius 2 is 0.673 bits per heavy atom. The Morgan fingerprint density at radius 3 is 1.00 bits per heavy atom. The van der Waals surface area contributed by atoms with E-state index < -0.39 is 6.10 Å². The van der Waals surface area contributed by atoms with Gasteiger partial charge in [0.25, 0.3) is 0 Å². The first-order valence-electron chi connectivity index (χ1n) is 22.9. The van der Waals surface area contributed by atoms with Gasteiger partial charge in [-0.2, -0.15) is 0 Å². The van der Waals surface area contributed by atoms with Crippen LogP contribution in [0, 0.1) is 5.92 Å². The minimum absolute atomic E-state index is 0.0645. The largest absolute Gasteiger partial charge is 0.462 e. The van der Waals surface area contributed by atoms with E-state index in [1.165, 1.54) is 148 Å². The van der Waals surface area contributed by atoms with E-state index in [-0.39, 0.29) is 31.1 Å². The summed E-state index contributed by atoms with van der Waals surface area (Å²) in [6, 6.07) is 0. The second-order valence-corrected chi connectivity index (χ2v) is 15.9. The maximum absolute atomic E-state index is 12.6. The van der Waals surface area contributed by atoms with Gasteiger partial charge in [-0.15, -0.1) is 0 Å². The Labute approximate surface area is 323 Å². The van der Waals surface area contributed by atoms with Crippen molar-refractivity contribution in [2.24, 2.45) is 5.92 Å². The Hall–Kier alpha value is -1.59. The molecule has 6 nitrogen and oxygen atoms in total. The molecular formula is C46H88O6. The average Bonchev–Trinajstić information content (AvgIpc) is 3.14. The minimum atomic E-state index is -0.758. The lowest BCUT2D eigenvalue weighted by molar-refractivity contribution is -0.167. The molecule has 0 fully saturated rings. The van der Waals surface area contributed by atoms with Gasteiger partial charge in [-0.05, 0) is 25.2 Å². The van der Waals surface area contributed by atoms with Crippen molar-refractivity contribution in [1.29, 1.82) is 0 Å². The van der Waals surface area contributed by atoms with E-state index in [1.807, 2.05) is 0 Å².